The molecule has 0 saturated heterocycles. The van der Waals surface area contributed by atoms with Gasteiger partial charge in [0.25, 0.3) is 0 Å². The fraction of sp³-hybridized carbons (Fsp3) is 0.467. The number of benzene rings is 1. The summed E-state index contributed by atoms with van der Waals surface area (Å²) in [4.78, 5) is 12.4. The number of esters is 1. The Bertz CT molecular complexity index is 527. The van der Waals surface area contributed by atoms with Crippen LogP contribution in [0.2, 0.25) is 0 Å². The number of nitrogens with zero attached hydrogens (tertiary/aromatic N) is 1. The van der Waals surface area contributed by atoms with Crippen molar-refractivity contribution in [2.45, 2.75) is 44.3 Å². The summed E-state index contributed by atoms with van der Waals surface area (Å²) in [5, 5.41) is 18.6. The minimum atomic E-state index is -0.649. The number of thioether (sulfide) groups is 1. The Labute approximate surface area is 123 Å². The molecular formula is C15H19NO3S. The van der Waals surface area contributed by atoms with Crippen LogP contribution in [0, 0.1) is 11.3 Å². The Kier molecular flexibility index (Phi) is 5.61. The fourth-order valence-corrected chi connectivity index (χ4v) is 2.53. The lowest BCUT2D eigenvalue weighted by Crippen LogP contribution is -2.24. The molecule has 20 heavy (non-hydrogen) atoms. The third kappa shape index (κ3) is 5.24. The molecule has 0 aliphatic carbocycles. The number of aliphatic hydroxyl groups excluding tert-OH is 1. The summed E-state index contributed by atoms with van der Waals surface area (Å²) in [7, 11) is 0. The highest BCUT2D eigenvalue weighted by atomic mass is 32.2. The summed E-state index contributed by atoms with van der Waals surface area (Å²) in [6.07, 6.45) is -0.649. The van der Waals surface area contributed by atoms with Crippen molar-refractivity contribution in [3.63, 3.8) is 0 Å². The standard InChI is InChI=1S/C15H19NO3S/c1-10(17)12-6-5-11(8-16)7-13(12)20-9-14(18)19-15(2,3)4/h5-7,10,17H,9H2,1-4H3. The van der Waals surface area contributed by atoms with E-state index in [9.17, 15) is 9.90 Å². The highest BCUT2D eigenvalue weighted by Crippen LogP contribution is 2.29. The van der Waals surface area contributed by atoms with Crippen molar-refractivity contribution < 1.29 is 14.6 Å². The van der Waals surface area contributed by atoms with E-state index in [1.54, 1.807) is 25.1 Å². The van der Waals surface area contributed by atoms with Gasteiger partial charge in [-0.15, -0.1) is 11.8 Å². The van der Waals surface area contributed by atoms with Crippen LogP contribution in [-0.4, -0.2) is 22.4 Å². The molecule has 108 valence electrons. The Morgan fingerprint density at radius 2 is 2.15 bits per heavy atom. The maximum atomic E-state index is 11.7. The largest absolute Gasteiger partial charge is 0.459 e. The minimum Gasteiger partial charge on any atom is -0.459 e. The Morgan fingerprint density at radius 3 is 2.65 bits per heavy atom. The molecule has 0 aliphatic heterocycles. The summed E-state index contributed by atoms with van der Waals surface area (Å²) in [5.74, 6) is -0.173. The van der Waals surface area contributed by atoms with Crippen molar-refractivity contribution >= 4 is 17.7 Å². The topological polar surface area (TPSA) is 70.3 Å². The molecule has 0 saturated carbocycles. The zero-order valence-electron chi connectivity index (χ0n) is 12.1. The van der Waals surface area contributed by atoms with Crippen LogP contribution in [-0.2, 0) is 9.53 Å². The van der Waals surface area contributed by atoms with Crippen LogP contribution in [0.1, 0.15) is 44.9 Å². The molecular weight excluding hydrogens is 274 g/mol. The van der Waals surface area contributed by atoms with Crippen molar-refractivity contribution in [1.82, 2.24) is 0 Å². The molecule has 0 heterocycles. The fourth-order valence-electron chi connectivity index (χ4n) is 1.58. The summed E-state index contributed by atoms with van der Waals surface area (Å²) in [5.41, 5.74) is 0.692. The van der Waals surface area contributed by atoms with Crippen LogP contribution in [0.4, 0.5) is 0 Å². The third-order valence-corrected chi connectivity index (χ3v) is 3.40. The van der Waals surface area contributed by atoms with Gasteiger partial charge < -0.3 is 9.84 Å². The van der Waals surface area contributed by atoms with E-state index in [4.69, 9.17) is 10.00 Å². The van der Waals surface area contributed by atoms with Crippen LogP contribution in [0.3, 0.4) is 0 Å². The third-order valence-electron chi connectivity index (χ3n) is 2.36. The number of hydrogen-bond donors (Lipinski definition) is 1. The zero-order valence-corrected chi connectivity index (χ0v) is 13.0. The molecule has 5 heteroatoms. The first-order valence-corrected chi connectivity index (χ1v) is 7.28. The number of carbonyl (C=O) groups is 1. The maximum Gasteiger partial charge on any atom is 0.316 e. The van der Waals surface area contributed by atoms with Crippen LogP contribution < -0.4 is 0 Å². The predicted molar refractivity (Wildman–Crippen MR) is 78.4 cm³/mol. The smallest absolute Gasteiger partial charge is 0.316 e. The first kappa shape index (κ1) is 16.5. The van der Waals surface area contributed by atoms with Gasteiger partial charge in [-0.05, 0) is 45.4 Å². The highest BCUT2D eigenvalue weighted by molar-refractivity contribution is 8.00. The van der Waals surface area contributed by atoms with Crippen LogP contribution >= 0.6 is 11.8 Å². The van der Waals surface area contributed by atoms with Gasteiger partial charge in [0.05, 0.1) is 23.5 Å². The van der Waals surface area contributed by atoms with E-state index in [1.807, 2.05) is 26.8 Å². The van der Waals surface area contributed by atoms with E-state index in [0.717, 1.165) is 4.90 Å². The molecule has 0 amide bonds. The number of nitriles is 1. The first-order chi connectivity index (χ1) is 9.23. The minimum absolute atomic E-state index is 0.145. The zero-order chi connectivity index (χ0) is 15.3. The van der Waals surface area contributed by atoms with E-state index >= 15 is 0 Å². The van der Waals surface area contributed by atoms with E-state index in [1.165, 1.54) is 11.8 Å². The maximum absolute atomic E-state index is 11.7. The van der Waals surface area contributed by atoms with Gasteiger partial charge >= 0.3 is 5.97 Å². The quantitative estimate of drug-likeness (QED) is 0.682. The lowest BCUT2D eigenvalue weighted by Gasteiger charge is -2.19. The van der Waals surface area contributed by atoms with Crippen molar-refractivity contribution in [3.8, 4) is 6.07 Å². The highest BCUT2D eigenvalue weighted by Gasteiger charge is 2.17. The molecule has 0 aliphatic rings. The average molecular weight is 293 g/mol. The summed E-state index contributed by atoms with van der Waals surface area (Å²) in [6.45, 7) is 7.09. The average Bonchev–Trinajstić information content (AvgIpc) is 2.33. The second kappa shape index (κ2) is 6.78. The molecule has 1 aromatic rings. The van der Waals surface area contributed by atoms with Crippen molar-refractivity contribution in [2.75, 3.05) is 5.75 Å². The van der Waals surface area contributed by atoms with E-state index < -0.39 is 11.7 Å². The molecule has 0 aromatic heterocycles. The van der Waals surface area contributed by atoms with Gasteiger partial charge in [-0.1, -0.05) is 6.07 Å². The van der Waals surface area contributed by atoms with Crippen LogP contribution in [0.5, 0.6) is 0 Å². The second-order valence-corrected chi connectivity index (χ2v) is 6.43. The van der Waals surface area contributed by atoms with Gasteiger partial charge in [-0.2, -0.15) is 5.26 Å². The number of ether oxygens (including phenoxy) is 1. The molecule has 1 atom stereocenters. The first-order valence-electron chi connectivity index (χ1n) is 6.29. The number of hydrogen-bond acceptors (Lipinski definition) is 5. The van der Waals surface area contributed by atoms with Gasteiger partial charge in [0.1, 0.15) is 5.60 Å². The number of aliphatic hydroxyl groups is 1. The molecule has 0 radical (unpaired) electrons. The molecule has 0 fully saturated rings. The summed E-state index contributed by atoms with van der Waals surface area (Å²) in [6, 6.07) is 7.09. The predicted octanol–water partition coefficient (Wildman–Crippen LogP) is 3.05. The van der Waals surface area contributed by atoms with Gasteiger partial charge in [-0.25, -0.2) is 0 Å². The SMILES string of the molecule is CC(O)c1ccc(C#N)cc1SCC(=O)OC(C)(C)C. The Morgan fingerprint density at radius 1 is 1.50 bits per heavy atom. The van der Waals surface area contributed by atoms with Crippen molar-refractivity contribution in [3.05, 3.63) is 29.3 Å². The van der Waals surface area contributed by atoms with Gasteiger partial charge in [0.2, 0.25) is 0 Å². The Balaban J connectivity index is 2.81. The van der Waals surface area contributed by atoms with E-state index in [2.05, 4.69) is 0 Å². The molecule has 0 spiro atoms. The van der Waals surface area contributed by atoms with E-state index in [-0.39, 0.29) is 11.7 Å². The van der Waals surface area contributed by atoms with Crippen molar-refractivity contribution in [1.29, 1.82) is 5.26 Å². The molecule has 4 nitrogen and oxygen atoms in total. The molecule has 1 unspecified atom stereocenters. The number of rotatable bonds is 4. The van der Waals surface area contributed by atoms with E-state index in [0.29, 0.717) is 11.1 Å². The van der Waals surface area contributed by atoms with Gasteiger partial charge in [-0.3, -0.25) is 4.79 Å². The lowest BCUT2D eigenvalue weighted by molar-refractivity contribution is -0.151. The molecule has 1 N–H and O–H groups in total. The Hall–Kier alpha value is -1.51. The molecule has 1 rings (SSSR count). The van der Waals surface area contributed by atoms with Crippen molar-refractivity contribution in [2.24, 2.45) is 0 Å². The van der Waals surface area contributed by atoms with Gasteiger partial charge in [0, 0.05) is 4.90 Å². The summed E-state index contributed by atoms with van der Waals surface area (Å²) < 4.78 is 5.23. The second-order valence-electron chi connectivity index (χ2n) is 5.42. The lowest BCUT2D eigenvalue weighted by atomic mass is 10.1. The molecule has 0 bridgehead atoms. The normalized spacial score (nSPS) is 12.6. The molecule has 1 aromatic carbocycles. The van der Waals surface area contributed by atoms with Gasteiger partial charge in [0.15, 0.2) is 0 Å². The number of carbonyl (C=O) groups excluding carboxylic acids is 1. The monoisotopic (exact) mass is 293 g/mol. The van der Waals surface area contributed by atoms with Crippen LogP contribution in [0.25, 0.3) is 0 Å². The summed E-state index contributed by atoms with van der Waals surface area (Å²) >= 11 is 1.27. The van der Waals surface area contributed by atoms with Crippen LogP contribution in [0.15, 0.2) is 23.1 Å².